The molecule has 0 amide bonds. The lowest BCUT2D eigenvalue weighted by Crippen LogP contribution is -2.21. The SMILES string of the molecule is CN(Cc1ccccc1)Cc1ccccc1C(=N)N. The molecule has 98 valence electrons. The highest BCUT2D eigenvalue weighted by Gasteiger charge is 2.07. The molecule has 3 nitrogen and oxygen atoms in total. The molecule has 0 bridgehead atoms. The van der Waals surface area contributed by atoms with E-state index in [0.29, 0.717) is 0 Å². The van der Waals surface area contributed by atoms with Crippen LogP contribution in [0.5, 0.6) is 0 Å². The summed E-state index contributed by atoms with van der Waals surface area (Å²) in [6.45, 7) is 1.66. The van der Waals surface area contributed by atoms with Crippen molar-refractivity contribution in [3.8, 4) is 0 Å². The molecule has 2 aromatic carbocycles. The molecule has 0 aliphatic rings. The van der Waals surface area contributed by atoms with Crippen molar-refractivity contribution in [3.63, 3.8) is 0 Å². The van der Waals surface area contributed by atoms with E-state index < -0.39 is 0 Å². The van der Waals surface area contributed by atoms with Gasteiger partial charge in [-0.2, -0.15) is 0 Å². The van der Waals surface area contributed by atoms with E-state index in [-0.39, 0.29) is 5.84 Å². The quantitative estimate of drug-likeness (QED) is 0.635. The Bertz CT molecular complexity index is 549. The minimum Gasteiger partial charge on any atom is -0.384 e. The Morgan fingerprint density at radius 3 is 2.32 bits per heavy atom. The molecular formula is C16H19N3. The maximum Gasteiger partial charge on any atom is 0.123 e. The summed E-state index contributed by atoms with van der Waals surface area (Å²) in [5.74, 6) is 0.128. The summed E-state index contributed by atoms with van der Waals surface area (Å²) in [6.07, 6.45) is 0. The average molecular weight is 253 g/mol. The Morgan fingerprint density at radius 2 is 1.63 bits per heavy atom. The Labute approximate surface area is 114 Å². The maximum absolute atomic E-state index is 7.60. The predicted octanol–water partition coefficient (Wildman–Crippen LogP) is 2.60. The predicted molar refractivity (Wildman–Crippen MR) is 79.1 cm³/mol. The van der Waals surface area contributed by atoms with Crippen molar-refractivity contribution in [2.45, 2.75) is 13.1 Å². The van der Waals surface area contributed by atoms with Crippen LogP contribution in [0, 0.1) is 5.41 Å². The van der Waals surface area contributed by atoms with Gasteiger partial charge in [0.15, 0.2) is 0 Å². The van der Waals surface area contributed by atoms with E-state index in [9.17, 15) is 0 Å². The van der Waals surface area contributed by atoms with Gasteiger partial charge in [0.25, 0.3) is 0 Å². The number of hydrogen-bond donors (Lipinski definition) is 2. The number of amidine groups is 1. The Hall–Kier alpha value is -2.13. The van der Waals surface area contributed by atoms with Crippen LogP contribution in [0.4, 0.5) is 0 Å². The summed E-state index contributed by atoms with van der Waals surface area (Å²) in [7, 11) is 2.07. The third-order valence-electron chi connectivity index (χ3n) is 3.04. The van der Waals surface area contributed by atoms with Crippen molar-refractivity contribution in [3.05, 3.63) is 71.3 Å². The van der Waals surface area contributed by atoms with E-state index >= 15 is 0 Å². The number of nitrogen functional groups attached to an aromatic ring is 1. The standard InChI is InChI=1S/C16H19N3/c1-19(11-13-7-3-2-4-8-13)12-14-9-5-6-10-15(14)16(17)18/h2-10H,11-12H2,1H3,(H3,17,18). The van der Waals surface area contributed by atoms with Crippen LogP contribution in [-0.2, 0) is 13.1 Å². The molecule has 0 atom stereocenters. The van der Waals surface area contributed by atoms with Crippen LogP contribution in [0.2, 0.25) is 0 Å². The second kappa shape index (κ2) is 6.16. The van der Waals surface area contributed by atoms with E-state index in [4.69, 9.17) is 11.1 Å². The molecule has 0 spiro atoms. The van der Waals surface area contributed by atoms with Gasteiger partial charge in [-0.05, 0) is 18.2 Å². The first-order chi connectivity index (χ1) is 9.16. The molecule has 2 rings (SSSR count). The normalized spacial score (nSPS) is 10.6. The highest BCUT2D eigenvalue weighted by Crippen LogP contribution is 2.12. The third-order valence-corrected chi connectivity index (χ3v) is 3.04. The minimum absolute atomic E-state index is 0.128. The van der Waals surface area contributed by atoms with Crippen LogP contribution in [0.25, 0.3) is 0 Å². The molecule has 0 aromatic heterocycles. The van der Waals surface area contributed by atoms with Crippen molar-refractivity contribution < 1.29 is 0 Å². The fourth-order valence-electron chi connectivity index (χ4n) is 2.16. The lowest BCUT2D eigenvalue weighted by Gasteiger charge is -2.18. The molecule has 0 radical (unpaired) electrons. The summed E-state index contributed by atoms with van der Waals surface area (Å²) < 4.78 is 0. The number of nitrogens with one attached hydrogen (secondary N) is 1. The highest BCUT2D eigenvalue weighted by atomic mass is 15.1. The molecule has 0 heterocycles. The Morgan fingerprint density at radius 1 is 1.00 bits per heavy atom. The van der Waals surface area contributed by atoms with Crippen LogP contribution < -0.4 is 5.73 Å². The van der Waals surface area contributed by atoms with Gasteiger partial charge >= 0.3 is 0 Å². The molecule has 3 N–H and O–H groups in total. The van der Waals surface area contributed by atoms with E-state index in [1.165, 1.54) is 5.56 Å². The van der Waals surface area contributed by atoms with Gasteiger partial charge in [-0.15, -0.1) is 0 Å². The molecule has 19 heavy (non-hydrogen) atoms. The number of benzene rings is 2. The summed E-state index contributed by atoms with van der Waals surface area (Å²) in [5.41, 5.74) is 8.80. The monoisotopic (exact) mass is 253 g/mol. The summed E-state index contributed by atoms with van der Waals surface area (Å²) in [6, 6.07) is 18.2. The molecule has 0 saturated heterocycles. The Balaban J connectivity index is 2.07. The zero-order chi connectivity index (χ0) is 13.7. The molecule has 3 heteroatoms. The summed E-state index contributed by atoms with van der Waals surface area (Å²) >= 11 is 0. The van der Waals surface area contributed by atoms with Crippen LogP contribution in [0.15, 0.2) is 54.6 Å². The van der Waals surface area contributed by atoms with E-state index in [1.54, 1.807) is 0 Å². The first-order valence-electron chi connectivity index (χ1n) is 6.31. The van der Waals surface area contributed by atoms with Crippen molar-refractivity contribution in [2.24, 2.45) is 5.73 Å². The van der Waals surface area contributed by atoms with Gasteiger partial charge in [-0.1, -0.05) is 54.6 Å². The van der Waals surface area contributed by atoms with Crippen molar-refractivity contribution in [1.29, 1.82) is 5.41 Å². The van der Waals surface area contributed by atoms with Gasteiger partial charge < -0.3 is 5.73 Å². The lowest BCUT2D eigenvalue weighted by atomic mass is 10.1. The first-order valence-corrected chi connectivity index (χ1v) is 6.31. The van der Waals surface area contributed by atoms with E-state index in [2.05, 4.69) is 24.1 Å². The van der Waals surface area contributed by atoms with Crippen LogP contribution in [0.1, 0.15) is 16.7 Å². The number of nitrogens with two attached hydrogens (primary N) is 1. The number of rotatable bonds is 5. The lowest BCUT2D eigenvalue weighted by molar-refractivity contribution is 0.319. The average Bonchev–Trinajstić information content (AvgIpc) is 2.40. The van der Waals surface area contributed by atoms with Crippen LogP contribution >= 0.6 is 0 Å². The fraction of sp³-hybridized carbons (Fsp3) is 0.188. The minimum atomic E-state index is 0.128. The molecule has 0 fully saturated rings. The largest absolute Gasteiger partial charge is 0.384 e. The van der Waals surface area contributed by atoms with Crippen molar-refractivity contribution in [2.75, 3.05) is 7.05 Å². The van der Waals surface area contributed by atoms with Gasteiger partial charge in [-0.3, -0.25) is 10.3 Å². The van der Waals surface area contributed by atoms with Crippen molar-refractivity contribution in [1.82, 2.24) is 4.90 Å². The topological polar surface area (TPSA) is 53.1 Å². The molecule has 0 aliphatic heterocycles. The van der Waals surface area contributed by atoms with Gasteiger partial charge in [0.05, 0.1) is 0 Å². The third kappa shape index (κ3) is 3.66. The molecule has 0 aliphatic carbocycles. The highest BCUT2D eigenvalue weighted by molar-refractivity contribution is 5.96. The summed E-state index contributed by atoms with van der Waals surface area (Å²) in [4.78, 5) is 2.22. The van der Waals surface area contributed by atoms with Crippen LogP contribution in [0.3, 0.4) is 0 Å². The molecular weight excluding hydrogens is 234 g/mol. The molecule has 0 unspecified atom stereocenters. The second-order valence-corrected chi connectivity index (χ2v) is 4.73. The van der Waals surface area contributed by atoms with Crippen molar-refractivity contribution >= 4 is 5.84 Å². The molecule has 2 aromatic rings. The summed E-state index contributed by atoms with van der Waals surface area (Å²) in [5, 5.41) is 7.60. The first kappa shape index (κ1) is 13.3. The zero-order valence-corrected chi connectivity index (χ0v) is 11.1. The van der Waals surface area contributed by atoms with Gasteiger partial charge in [-0.25, -0.2) is 0 Å². The second-order valence-electron chi connectivity index (χ2n) is 4.73. The smallest absolute Gasteiger partial charge is 0.123 e. The van der Waals surface area contributed by atoms with Gasteiger partial charge in [0, 0.05) is 18.7 Å². The van der Waals surface area contributed by atoms with Crippen LogP contribution in [-0.4, -0.2) is 17.8 Å². The Kier molecular flexibility index (Phi) is 4.31. The zero-order valence-electron chi connectivity index (χ0n) is 11.1. The molecule has 0 saturated carbocycles. The number of hydrogen-bond acceptors (Lipinski definition) is 2. The number of nitrogens with zero attached hydrogens (tertiary/aromatic N) is 1. The maximum atomic E-state index is 7.60. The van der Waals surface area contributed by atoms with Gasteiger partial charge in [0.2, 0.25) is 0 Å². The van der Waals surface area contributed by atoms with Gasteiger partial charge in [0.1, 0.15) is 5.84 Å². The fourth-order valence-corrected chi connectivity index (χ4v) is 2.16. The van der Waals surface area contributed by atoms with E-state index in [1.807, 2.05) is 42.5 Å². The van der Waals surface area contributed by atoms with E-state index in [0.717, 1.165) is 24.2 Å².